The van der Waals surface area contributed by atoms with Gasteiger partial charge in [0.05, 0.1) is 12.1 Å². The summed E-state index contributed by atoms with van der Waals surface area (Å²) in [5.74, 6) is 1.41. The van der Waals surface area contributed by atoms with Crippen molar-refractivity contribution in [2.45, 2.75) is 45.1 Å². The summed E-state index contributed by atoms with van der Waals surface area (Å²) in [7, 11) is 0. The van der Waals surface area contributed by atoms with Crippen LogP contribution >= 0.6 is 0 Å². The van der Waals surface area contributed by atoms with Crippen molar-refractivity contribution in [3.8, 4) is 0 Å². The van der Waals surface area contributed by atoms with Crippen molar-refractivity contribution in [1.29, 1.82) is 0 Å². The number of benzene rings is 1. The summed E-state index contributed by atoms with van der Waals surface area (Å²) in [4.78, 5) is 6.90. The number of aliphatic imine (C=N–C) groups is 1. The minimum atomic E-state index is 0.145. The van der Waals surface area contributed by atoms with E-state index >= 15 is 0 Å². The van der Waals surface area contributed by atoms with Crippen molar-refractivity contribution >= 4 is 11.6 Å². The Morgan fingerprint density at radius 1 is 1.47 bits per heavy atom. The lowest BCUT2D eigenvalue weighted by molar-refractivity contribution is 0.331. The molecule has 102 valence electrons. The highest BCUT2D eigenvalue weighted by Crippen LogP contribution is 2.46. The topological polar surface area (TPSA) is 41.6 Å². The fraction of sp³-hybridized carbons (Fsp3) is 0.562. The number of nitrogens with zero attached hydrogens (tertiary/aromatic N) is 2. The predicted molar refractivity (Wildman–Crippen MR) is 80.5 cm³/mol. The van der Waals surface area contributed by atoms with Crippen molar-refractivity contribution in [1.82, 2.24) is 0 Å². The SMILES string of the molecule is CCC1CCCC12CN=C(N)N2c1cccc(C)c1. The van der Waals surface area contributed by atoms with Gasteiger partial charge in [-0.15, -0.1) is 0 Å². The second-order valence-corrected chi connectivity index (χ2v) is 5.95. The van der Waals surface area contributed by atoms with E-state index in [1.54, 1.807) is 0 Å². The molecule has 19 heavy (non-hydrogen) atoms. The molecule has 1 aromatic carbocycles. The molecule has 1 aromatic rings. The smallest absolute Gasteiger partial charge is 0.196 e. The van der Waals surface area contributed by atoms with Crippen LogP contribution in [0.4, 0.5) is 5.69 Å². The highest BCUT2D eigenvalue weighted by Gasteiger charge is 2.50. The third-order valence-corrected chi connectivity index (χ3v) is 4.86. The van der Waals surface area contributed by atoms with Crippen LogP contribution in [0, 0.1) is 12.8 Å². The van der Waals surface area contributed by atoms with Crippen LogP contribution in [0.2, 0.25) is 0 Å². The highest BCUT2D eigenvalue weighted by atomic mass is 15.4. The molecule has 2 N–H and O–H groups in total. The van der Waals surface area contributed by atoms with Crippen LogP contribution in [0.3, 0.4) is 0 Å². The van der Waals surface area contributed by atoms with Crippen molar-refractivity contribution in [2.75, 3.05) is 11.4 Å². The van der Waals surface area contributed by atoms with Gasteiger partial charge in [-0.3, -0.25) is 4.99 Å². The van der Waals surface area contributed by atoms with E-state index in [4.69, 9.17) is 5.73 Å². The maximum absolute atomic E-state index is 6.21. The zero-order valence-electron chi connectivity index (χ0n) is 11.9. The van der Waals surface area contributed by atoms with Crippen LogP contribution in [0.15, 0.2) is 29.3 Å². The average molecular weight is 257 g/mol. The van der Waals surface area contributed by atoms with E-state index in [2.05, 4.69) is 48.0 Å². The Bertz CT molecular complexity index is 508. The van der Waals surface area contributed by atoms with Gasteiger partial charge in [-0.05, 0) is 43.4 Å². The Balaban J connectivity index is 2.03. The summed E-state index contributed by atoms with van der Waals surface area (Å²) in [6.07, 6.45) is 5.03. The van der Waals surface area contributed by atoms with Gasteiger partial charge in [-0.1, -0.05) is 31.9 Å². The summed E-state index contributed by atoms with van der Waals surface area (Å²) < 4.78 is 0. The molecule has 1 saturated carbocycles. The lowest BCUT2D eigenvalue weighted by Crippen LogP contribution is -2.54. The van der Waals surface area contributed by atoms with Gasteiger partial charge in [0.1, 0.15) is 0 Å². The first-order valence-electron chi connectivity index (χ1n) is 7.34. The molecule has 0 aromatic heterocycles. The molecule has 0 bridgehead atoms. The molecule has 2 unspecified atom stereocenters. The second-order valence-electron chi connectivity index (χ2n) is 5.95. The zero-order chi connectivity index (χ0) is 13.5. The Morgan fingerprint density at radius 2 is 2.32 bits per heavy atom. The monoisotopic (exact) mass is 257 g/mol. The third-order valence-electron chi connectivity index (χ3n) is 4.86. The van der Waals surface area contributed by atoms with E-state index in [0.29, 0.717) is 11.9 Å². The van der Waals surface area contributed by atoms with Crippen LogP contribution < -0.4 is 10.6 Å². The summed E-state index contributed by atoms with van der Waals surface area (Å²) >= 11 is 0. The molecule has 0 radical (unpaired) electrons. The van der Waals surface area contributed by atoms with Gasteiger partial charge < -0.3 is 10.6 Å². The van der Waals surface area contributed by atoms with Crippen LogP contribution in [0.25, 0.3) is 0 Å². The molecule has 2 aliphatic rings. The number of hydrogen-bond donors (Lipinski definition) is 1. The van der Waals surface area contributed by atoms with E-state index in [9.17, 15) is 0 Å². The molecule has 1 heterocycles. The molecule has 0 saturated heterocycles. The fourth-order valence-corrected chi connectivity index (χ4v) is 3.96. The maximum atomic E-state index is 6.21. The van der Waals surface area contributed by atoms with Gasteiger partial charge in [-0.2, -0.15) is 0 Å². The number of nitrogens with two attached hydrogens (primary N) is 1. The molecule has 1 spiro atoms. The number of anilines is 1. The van der Waals surface area contributed by atoms with Crippen LogP contribution in [-0.4, -0.2) is 18.0 Å². The minimum absolute atomic E-state index is 0.145. The molecule has 1 fully saturated rings. The summed E-state index contributed by atoms with van der Waals surface area (Å²) in [6.45, 7) is 5.29. The lowest BCUT2D eigenvalue weighted by Gasteiger charge is -2.40. The first kappa shape index (κ1) is 12.5. The Morgan fingerprint density at radius 3 is 3.05 bits per heavy atom. The van der Waals surface area contributed by atoms with E-state index in [0.717, 1.165) is 6.54 Å². The molecule has 3 rings (SSSR count). The van der Waals surface area contributed by atoms with Crippen LogP contribution in [0.5, 0.6) is 0 Å². The van der Waals surface area contributed by atoms with Crippen molar-refractivity contribution < 1.29 is 0 Å². The molecular formula is C16H23N3. The number of hydrogen-bond acceptors (Lipinski definition) is 3. The van der Waals surface area contributed by atoms with Gasteiger partial charge in [0.2, 0.25) is 0 Å². The predicted octanol–water partition coefficient (Wildman–Crippen LogP) is 3.08. The van der Waals surface area contributed by atoms with Crippen molar-refractivity contribution in [3.05, 3.63) is 29.8 Å². The molecule has 3 nitrogen and oxygen atoms in total. The zero-order valence-corrected chi connectivity index (χ0v) is 11.9. The van der Waals surface area contributed by atoms with E-state index in [-0.39, 0.29) is 5.54 Å². The van der Waals surface area contributed by atoms with E-state index in [1.807, 2.05) is 0 Å². The first-order chi connectivity index (χ1) is 9.17. The summed E-state index contributed by atoms with van der Waals surface area (Å²) in [5, 5.41) is 0. The molecule has 3 heteroatoms. The fourth-order valence-electron chi connectivity index (χ4n) is 3.96. The largest absolute Gasteiger partial charge is 0.369 e. The van der Waals surface area contributed by atoms with Gasteiger partial charge in [0, 0.05) is 5.69 Å². The molecule has 1 aliphatic carbocycles. The van der Waals surface area contributed by atoms with Crippen LogP contribution in [0.1, 0.15) is 38.2 Å². The van der Waals surface area contributed by atoms with Gasteiger partial charge >= 0.3 is 0 Å². The van der Waals surface area contributed by atoms with E-state index in [1.165, 1.54) is 36.9 Å². The van der Waals surface area contributed by atoms with E-state index < -0.39 is 0 Å². The Hall–Kier alpha value is -1.51. The highest BCUT2D eigenvalue weighted by molar-refractivity contribution is 5.98. The average Bonchev–Trinajstić information content (AvgIpc) is 2.95. The molecule has 1 aliphatic heterocycles. The summed E-state index contributed by atoms with van der Waals surface area (Å²) in [5.41, 5.74) is 8.84. The first-order valence-corrected chi connectivity index (χ1v) is 7.34. The van der Waals surface area contributed by atoms with Gasteiger partial charge in [-0.25, -0.2) is 0 Å². The quantitative estimate of drug-likeness (QED) is 0.884. The summed E-state index contributed by atoms with van der Waals surface area (Å²) in [6, 6.07) is 8.62. The molecule has 2 atom stereocenters. The van der Waals surface area contributed by atoms with Crippen LogP contribution in [-0.2, 0) is 0 Å². The van der Waals surface area contributed by atoms with Crippen molar-refractivity contribution in [3.63, 3.8) is 0 Å². The molecule has 0 amide bonds. The second kappa shape index (κ2) is 4.55. The number of rotatable bonds is 2. The Labute approximate surface area is 115 Å². The Kier molecular flexibility index (Phi) is 3.00. The van der Waals surface area contributed by atoms with Gasteiger partial charge in [0.15, 0.2) is 5.96 Å². The third kappa shape index (κ3) is 1.83. The van der Waals surface area contributed by atoms with Crippen molar-refractivity contribution in [2.24, 2.45) is 16.6 Å². The molecular weight excluding hydrogens is 234 g/mol. The normalized spacial score (nSPS) is 30.1. The number of guanidine groups is 1. The lowest BCUT2D eigenvalue weighted by atomic mass is 9.84. The van der Waals surface area contributed by atoms with Gasteiger partial charge in [0.25, 0.3) is 0 Å². The standard InChI is InChI=1S/C16H23N3/c1-3-13-7-5-9-16(13)11-18-15(17)19(16)14-8-4-6-12(2)10-14/h4,6,8,10,13H,3,5,7,9,11H2,1-2H3,(H2,17,18). The maximum Gasteiger partial charge on any atom is 0.196 e. The number of aryl methyl sites for hydroxylation is 1. The minimum Gasteiger partial charge on any atom is -0.369 e.